The van der Waals surface area contributed by atoms with E-state index in [1.165, 1.54) is 4.88 Å². The molecule has 0 spiro atoms. The van der Waals surface area contributed by atoms with Gasteiger partial charge >= 0.3 is 0 Å². The van der Waals surface area contributed by atoms with Gasteiger partial charge in [0.2, 0.25) is 0 Å². The standard InChI is InChI=1S/C19H24ClNO2S/c1-19(2,3)18(16-6-4-9-24-16)21-12-13-10-14(20)17-15(11-13)22-7-5-8-23-17/h4,6,9-11,18,21H,5,7-8,12H2,1-3H3. The molecule has 0 aliphatic carbocycles. The number of halogens is 1. The zero-order valence-corrected chi connectivity index (χ0v) is 16.0. The van der Waals surface area contributed by atoms with Gasteiger partial charge in [0, 0.05) is 23.9 Å². The number of hydrogen-bond acceptors (Lipinski definition) is 4. The number of ether oxygens (including phenoxy) is 2. The smallest absolute Gasteiger partial charge is 0.179 e. The van der Waals surface area contributed by atoms with Crippen LogP contribution in [0.3, 0.4) is 0 Å². The Bertz CT molecular complexity index is 679. The summed E-state index contributed by atoms with van der Waals surface area (Å²) in [7, 11) is 0. The molecule has 1 atom stereocenters. The van der Waals surface area contributed by atoms with Gasteiger partial charge in [0.25, 0.3) is 0 Å². The molecule has 2 heterocycles. The van der Waals surface area contributed by atoms with Crippen LogP contribution in [-0.4, -0.2) is 13.2 Å². The first-order valence-electron chi connectivity index (χ1n) is 8.30. The van der Waals surface area contributed by atoms with Crippen LogP contribution in [0, 0.1) is 5.41 Å². The molecule has 3 nitrogen and oxygen atoms in total. The van der Waals surface area contributed by atoms with Gasteiger partial charge in [-0.05, 0) is 34.6 Å². The highest BCUT2D eigenvalue weighted by Crippen LogP contribution is 2.39. The zero-order valence-electron chi connectivity index (χ0n) is 14.4. The van der Waals surface area contributed by atoms with E-state index in [1.807, 2.05) is 12.1 Å². The molecule has 1 N–H and O–H groups in total. The molecule has 1 aromatic carbocycles. The number of rotatable bonds is 4. The average Bonchev–Trinajstić information content (AvgIpc) is 2.91. The second kappa shape index (κ2) is 7.34. The SMILES string of the molecule is CC(C)(C)C(NCc1cc(Cl)c2c(c1)OCCCO2)c1cccs1. The first-order chi connectivity index (χ1) is 11.4. The predicted octanol–water partition coefficient (Wildman–Crippen LogP) is 5.44. The molecule has 24 heavy (non-hydrogen) atoms. The summed E-state index contributed by atoms with van der Waals surface area (Å²) in [5.74, 6) is 1.42. The van der Waals surface area contributed by atoms with E-state index < -0.39 is 0 Å². The molecule has 5 heteroatoms. The monoisotopic (exact) mass is 365 g/mol. The molecule has 1 aromatic heterocycles. The molecule has 0 saturated carbocycles. The van der Waals surface area contributed by atoms with Crippen molar-refractivity contribution in [2.45, 2.75) is 39.8 Å². The molecule has 0 bridgehead atoms. The number of fused-ring (bicyclic) bond motifs is 1. The van der Waals surface area contributed by atoms with Crippen LogP contribution in [0.15, 0.2) is 29.6 Å². The Kier molecular flexibility index (Phi) is 5.38. The lowest BCUT2D eigenvalue weighted by Gasteiger charge is -2.31. The van der Waals surface area contributed by atoms with E-state index in [4.69, 9.17) is 21.1 Å². The van der Waals surface area contributed by atoms with Crippen LogP contribution >= 0.6 is 22.9 Å². The minimum atomic E-state index is 0.125. The Balaban J connectivity index is 1.78. The van der Waals surface area contributed by atoms with Crippen molar-refractivity contribution in [2.24, 2.45) is 5.41 Å². The van der Waals surface area contributed by atoms with Gasteiger partial charge in [-0.15, -0.1) is 11.3 Å². The largest absolute Gasteiger partial charge is 0.489 e. The van der Waals surface area contributed by atoms with E-state index in [0.29, 0.717) is 24.0 Å². The molecular weight excluding hydrogens is 342 g/mol. The second-order valence-corrected chi connectivity index (χ2v) is 8.54. The second-order valence-electron chi connectivity index (χ2n) is 7.15. The maximum atomic E-state index is 6.39. The molecule has 130 valence electrons. The normalized spacial score (nSPS) is 15.8. The Morgan fingerprint density at radius 1 is 1.25 bits per heavy atom. The van der Waals surface area contributed by atoms with E-state index in [1.54, 1.807) is 11.3 Å². The van der Waals surface area contributed by atoms with Crippen LogP contribution in [0.25, 0.3) is 0 Å². The summed E-state index contributed by atoms with van der Waals surface area (Å²) in [6, 6.07) is 8.58. The summed E-state index contributed by atoms with van der Waals surface area (Å²) >= 11 is 8.18. The Morgan fingerprint density at radius 3 is 2.75 bits per heavy atom. The van der Waals surface area contributed by atoms with Crippen LogP contribution < -0.4 is 14.8 Å². The number of thiophene rings is 1. The molecule has 3 rings (SSSR count). The van der Waals surface area contributed by atoms with Crippen molar-refractivity contribution in [3.05, 3.63) is 45.1 Å². The van der Waals surface area contributed by atoms with Gasteiger partial charge in [0.15, 0.2) is 11.5 Å². The molecule has 0 fully saturated rings. The topological polar surface area (TPSA) is 30.5 Å². The molecule has 1 aliphatic rings. The summed E-state index contributed by atoms with van der Waals surface area (Å²) < 4.78 is 11.5. The Labute approximate surface area is 152 Å². The maximum Gasteiger partial charge on any atom is 0.179 e. The predicted molar refractivity (Wildman–Crippen MR) is 100 cm³/mol. The van der Waals surface area contributed by atoms with E-state index in [9.17, 15) is 0 Å². The van der Waals surface area contributed by atoms with Crippen LogP contribution in [0.4, 0.5) is 0 Å². The van der Waals surface area contributed by atoms with Crippen molar-refractivity contribution < 1.29 is 9.47 Å². The van der Waals surface area contributed by atoms with Crippen LogP contribution in [0.1, 0.15) is 43.7 Å². The highest BCUT2D eigenvalue weighted by Gasteiger charge is 2.27. The van der Waals surface area contributed by atoms with Gasteiger partial charge in [0.1, 0.15) is 0 Å². The van der Waals surface area contributed by atoms with Crippen LogP contribution in [0.5, 0.6) is 11.5 Å². The van der Waals surface area contributed by atoms with Gasteiger partial charge in [-0.3, -0.25) is 0 Å². The quantitative estimate of drug-likeness (QED) is 0.782. The fraction of sp³-hybridized carbons (Fsp3) is 0.474. The molecule has 0 amide bonds. The minimum Gasteiger partial charge on any atom is -0.489 e. The van der Waals surface area contributed by atoms with Crippen molar-refractivity contribution in [3.63, 3.8) is 0 Å². The molecule has 0 saturated heterocycles. The average molecular weight is 366 g/mol. The van der Waals surface area contributed by atoms with Crippen LogP contribution in [0.2, 0.25) is 5.02 Å². The minimum absolute atomic E-state index is 0.125. The van der Waals surface area contributed by atoms with Crippen molar-refractivity contribution >= 4 is 22.9 Å². The molecule has 2 aromatic rings. The first kappa shape index (κ1) is 17.6. The van der Waals surface area contributed by atoms with E-state index in [2.05, 4.69) is 43.6 Å². The lowest BCUT2D eigenvalue weighted by molar-refractivity contribution is 0.274. The first-order valence-corrected chi connectivity index (χ1v) is 9.56. The van der Waals surface area contributed by atoms with Crippen molar-refractivity contribution in [1.82, 2.24) is 5.32 Å². The molecular formula is C19H24ClNO2S. The van der Waals surface area contributed by atoms with E-state index in [-0.39, 0.29) is 11.5 Å². The summed E-state index contributed by atoms with van der Waals surface area (Å²) in [4.78, 5) is 1.35. The summed E-state index contributed by atoms with van der Waals surface area (Å²) in [5, 5.41) is 6.43. The zero-order chi connectivity index (χ0) is 17.2. The van der Waals surface area contributed by atoms with Crippen molar-refractivity contribution in [2.75, 3.05) is 13.2 Å². The lowest BCUT2D eigenvalue weighted by atomic mass is 9.85. The number of nitrogens with one attached hydrogen (secondary N) is 1. The van der Waals surface area contributed by atoms with E-state index >= 15 is 0 Å². The number of benzene rings is 1. The maximum absolute atomic E-state index is 6.39. The third-order valence-electron chi connectivity index (χ3n) is 4.07. The fourth-order valence-electron chi connectivity index (χ4n) is 2.90. The van der Waals surface area contributed by atoms with Crippen molar-refractivity contribution in [1.29, 1.82) is 0 Å². The molecule has 1 aliphatic heterocycles. The van der Waals surface area contributed by atoms with Gasteiger partial charge in [-0.2, -0.15) is 0 Å². The van der Waals surface area contributed by atoms with Gasteiger partial charge in [0.05, 0.1) is 18.2 Å². The highest BCUT2D eigenvalue weighted by atomic mass is 35.5. The molecule has 0 radical (unpaired) electrons. The van der Waals surface area contributed by atoms with Gasteiger partial charge in [-0.1, -0.05) is 38.4 Å². The van der Waals surface area contributed by atoms with E-state index in [0.717, 1.165) is 24.3 Å². The van der Waals surface area contributed by atoms with Crippen LogP contribution in [-0.2, 0) is 6.54 Å². The summed E-state index contributed by atoms with van der Waals surface area (Å²) in [6.07, 6.45) is 0.878. The van der Waals surface area contributed by atoms with Gasteiger partial charge in [-0.25, -0.2) is 0 Å². The Morgan fingerprint density at radius 2 is 2.04 bits per heavy atom. The molecule has 1 unspecified atom stereocenters. The third-order valence-corrected chi connectivity index (χ3v) is 5.28. The van der Waals surface area contributed by atoms with Crippen molar-refractivity contribution in [3.8, 4) is 11.5 Å². The lowest BCUT2D eigenvalue weighted by Crippen LogP contribution is -2.31. The summed E-state index contributed by atoms with van der Waals surface area (Å²) in [5.41, 5.74) is 1.23. The van der Waals surface area contributed by atoms with Gasteiger partial charge < -0.3 is 14.8 Å². The highest BCUT2D eigenvalue weighted by molar-refractivity contribution is 7.10. The fourth-order valence-corrected chi connectivity index (χ4v) is 4.23. The third kappa shape index (κ3) is 4.05. The summed E-state index contributed by atoms with van der Waals surface area (Å²) in [6.45, 7) is 8.81. The Hall–Kier alpha value is -1.23. The number of hydrogen-bond donors (Lipinski definition) is 1.